The van der Waals surface area contributed by atoms with Crippen molar-refractivity contribution < 1.29 is 22.4 Å². The van der Waals surface area contributed by atoms with Crippen LogP contribution in [0.15, 0.2) is 18.2 Å². The number of hydrogen-bond donors (Lipinski definition) is 0. The molecule has 0 aliphatic rings. The Balaban J connectivity index is 3.39. The summed E-state index contributed by atoms with van der Waals surface area (Å²) in [6.45, 7) is 1.31. The first-order valence-corrected chi connectivity index (χ1v) is 4.20. The first-order chi connectivity index (χ1) is 7.36. The Labute approximate surface area is 89.1 Å². The molecule has 0 N–H and O–H groups in total. The molecule has 0 aromatic heterocycles. The molecule has 0 saturated heterocycles. The molecule has 0 saturated carbocycles. The molecule has 0 amide bonds. The molecule has 1 nitrogen and oxygen atoms in total. The van der Waals surface area contributed by atoms with E-state index in [1.54, 1.807) is 0 Å². The van der Waals surface area contributed by atoms with Crippen molar-refractivity contribution in [2.75, 3.05) is 0 Å². The van der Waals surface area contributed by atoms with E-state index < -0.39 is 28.9 Å². The second-order valence-corrected chi connectivity index (χ2v) is 2.89. The van der Waals surface area contributed by atoms with Gasteiger partial charge in [-0.25, -0.2) is 4.39 Å². The van der Waals surface area contributed by atoms with Crippen molar-refractivity contribution in [2.24, 2.45) is 0 Å². The summed E-state index contributed by atoms with van der Waals surface area (Å²) >= 11 is 0. The average molecular weight is 230 g/mol. The van der Waals surface area contributed by atoms with Crippen LogP contribution in [-0.2, 0) is 6.18 Å². The van der Waals surface area contributed by atoms with E-state index in [1.165, 1.54) is 6.92 Å². The van der Waals surface area contributed by atoms with Crippen molar-refractivity contribution in [2.45, 2.75) is 13.1 Å². The van der Waals surface area contributed by atoms with Crippen molar-refractivity contribution in [1.82, 2.24) is 0 Å². The van der Waals surface area contributed by atoms with E-state index in [1.807, 2.05) is 5.92 Å². The van der Waals surface area contributed by atoms with Gasteiger partial charge in [0.05, 0.1) is 5.56 Å². The third kappa shape index (κ3) is 2.60. The van der Waals surface area contributed by atoms with Gasteiger partial charge in [-0.05, 0) is 31.0 Å². The smallest absolute Gasteiger partial charge is 0.279 e. The zero-order valence-electron chi connectivity index (χ0n) is 8.15. The van der Waals surface area contributed by atoms with E-state index in [4.69, 9.17) is 0 Å². The van der Waals surface area contributed by atoms with Gasteiger partial charge in [0, 0.05) is 5.56 Å². The van der Waals surface area contributed by atoms with Crippen LogP contribution >= 0.6 is 0 Å². The first-order valence-electron chi connectivity index (χ1n) is 4.20. The molecule has 84 valence electrons. The molecule has 0 unspecified atom stereocenters. The minimum absolute atomic E-state index is 0.528. The Morgan fingerprint density at radius 3 is 2.44 bits per heavy atom. The number of Topliss-reactive ketones (excluding diaryl/α,β-unsaturated/α-hetero) is 1. The molecule has 0 aliphatic carbocycles. The maximum Gasteiger partial charge on any atom is 0.417 e. The molecule has 16 heavy (non-hydrogen) atoms. The van der Waals surface area contributed by atoms with Gasteiger partial charge in [-0.2, -0.15) is 13.2 Å². The lowest BCUT2D eigenvalue weighted by molar-refractivity contribution is -0.137. The fourth-order valence-electron chi connectivity index (χ4n) is 1.13. The summed E-state index contributed by atoms with van der Waals surface area (Å²) in [6.07, 6.45) is -4.70. The summed E-state index contributed by atoms with van der Waals surface area (Å²) in [5, 5.41) is 0. The lowest BCUT2D eigenvalue weighted by Gasteiger charge is -2.09. The van der Waals surface area contributed by atoms with Crippen LogP contribution in [0, 0.1) is 17.7 Å². The topological polar surface area (TPSA) is 17.1 Å². The molecule has 0 fully saturated rings. The molecule has 0 spiro atoms. The van der Waals surface area contributed by atoms with Crippen molar-refractivity contribution in [3.8, 4) is 11.8 Å². The quantitative estimate of drug-likeness (QED) is 0.313. The second-order valence-electron chi connectivity index (χ2n) is 2.89. The summed E-state index contributed by atoms with van der Waals surface area (Å²) in [6, 6.07) is 1.72. The Morgan fingerprint density at radius 1 is 1.31 bits per heavy atom. The predicted molar refractivity (Wildman–Crippen MR) is 49.2 cm³/mol. The minimum Gasteiger partial charge on any atom is -0.279 e. The summed E-state index contributed by atoms with van der Waals surface area (Å²) < 4.78 is 50.1. The number of halogens is 4. The molecule has 1 rings (SSSR count). The van der Waals surface area contributed by atoms with Crippen LogP contribution in [0.5, 0.6) is 0 Å². The van der Waals surface area contributed by atoms with Crippen molar-refractivity contribution in [3.63, 3.8) is 0 Å². The highest BCUT2D eigenvalue weighted by Crippen LogP contribution is 2.32. The molecule has 0 bridgehead atoms. The van der Waals surface area contributed by atoms with Gasteiger partial charge in [0.1, 0.15) is 5.82 Å². The fraction of sp³-hybridized carbons (Fsp3) is 0.182. The van der Waals surface area contributed by atoms with Gasteiger partial charge in [-0.3, -0.25) is 4.79 Å². The largest absolute Gasteiger partial charge is 0.417 e. The third-order valence-electron chi connectivity index (χ3n) is 1.77. The van der Waals surface area contributed by atoms with Crippen molar-refractivity contribution in [3.05, 3.63) is 35.1 Å². The van der Waals surface area contributed by atoms with Crippen LogP contribution in [-0.4, -0.2) is 5.78 Å². The SMILES string of the molecule is CC#CC(=O)c1cc(F)ccc1C(F)(F)F. The number of carbonyl (C=O) groups excluding carboxylic acids is 1. The van der Waals surface area contributed by atoms with Gasteiger partial charge >= 0.3 is 6.18 Å². The van der Waals surface area contributed by atoms with Crippen LogP contribution < -0.4 is 0 Å². The molecule has 0 aliphatic heterocycles. The normalized spacial score (nSPS) is 10.6. The number of carbonyl (C=O) groups is 1. The first kappa shape index (κ1) is 12.2. The van der Waals surface area contributed by atoms with Gasteiger partial charge in [0.25, 0.3) is 0 Å². The molecule has 0 radical (unpaired) electrons. The Bertz CT molecular complexity index is 477. The lowest BCUT2D eigenvalue weighted by Crippen LogP contribution is -2.12. The van der Waals surface area contributed by atoms with Gasteiger partial charge in [-0.15, -0.1) is 0 Å². The molecule has 0 heterocycles. The summed E-state index contributed by atoms with van der Waals surface area (Å²) in [5.74, 6) is 2.17. The summed E-state index contributed by atoms with van der Waals surface area (Å²) in [7, 11) is 0. The zero-order valence-corrected chi connectivity index (χ0v) is 8.15. The monoisotopic (exact) mass is 230 g/mol. The van der Waals surface area contributed by atoms with Crippen LogP contribution in [0.1, 0.15) is 22.8 Å². The lowest BCUT2D eigenvalue weighted by atomic mass is 10.0. The van der Waals surface area contributed by atoms with E-state index in [9.17, 15) is 22.4 Å². The van der Waals surface area contributed by atoms with E-state index in [-0.39, 0.29) is 0 Å². The summed E-state index contributed by atoms with van der Waals surface area (Å²) in [5.41, 5.74) is -1.94. The highest BCUT2D eigenvalue weighted by Gasteiger charge is 2.35. The van der Waals surface area contributed by atoms with Crippen LogP contribution in [0.4, 0.5) is 17.6 Å². The number of rotatable bonds is 1. The van der Waals surface area contributed by atoms with Gasteiger partial charge in [0.2, 0.25) is 5.78 Å². The minimum atomic E-state index is -4.70. The zero-order chi connectivity index (χ0) is 12.3. The van der Waals surface area contributed by atoms with Crippen molar-refractivity contribution >= 4 is 5.78 Å². The van der Waals surface area contributed by atoms with Crippen LogP contribution in [0.25, 0.3) is 0 Å². The predicted octanol–water partition coefficient (Wildman–Crippen LogP) is 3.05. The summed E-state index contributed by atoms with van der Waals surface area (Å²) in [4.78, 5) is 11.2. The highest BCUT2D eigenvalue weighted by atomic mass is 19.4. The molecule has 0 atom stereocenters. The highest BCUT2D eigenvalue weighted by molar-refractivity contribution is 6.10. The second kappa shape index (κ2) is 4.35. The van der Waals surface area contributed by atoms with Crippen molar-refractivity contribution in [1.29, 1.82) is 0 Å². The Hall–Kier alpha value is -1.83. The average Bonchev–Trinajstić information content (AvgIpc) is 2.16. The number of ketones is 1. The maximum atomic E-state index is 12.8. The van der Waals surface area contributed by atoms with E-state index in [0.717, 1.165) is 0 Å². The molecule has 1 aromatic carbocycles. The number of hydrogen-bond acceptors (Lipinski definition) is 1. The van der Waals surface area contributed by atoms with Gasteiger partial charge < -0.3 is 0 Å². The number of benzene rings is 1. The molecule has 1 aromatic rings. The Kier molecular flexibility index (Phi) is 3.33. The Morgan fingerprint density at radius 2 is 1.94 bits per heavy atom. The molecule has 5 heteroatoms. The number of alkyl halides is 3. The van der Waals surface area contributed by atoms with Gasteiger partial charge in [0.15, 0.2) is 0 Å². The van der Waals surface area contributed by atoms with E-state index in [2.05, 4.69) is 5.92 Å². The van der Waals surface area contributed by atoms with E-state index in [0.29, 0.717) is 18.2 Å². The maximum absolute atomic E-state index is 12.8. The van der Waals surface area contributed by atoms with Crippen LogP contribution in [0.3, 0.4) is 0 Å². The fourth-order valence-corrected chi connectivity index (χ4v) is 1.13. The van der Waals surface area contributed by atoms with Crippen LogP contribution in [0.2, 0.25) is 0 Å². The molecular formula is C11H6F4O. The standard InChI is InChI=1S/C11H6F4O/c1-2-3-10(16)8-6-7(12)4-5-9(8)11(13,14)15/h4-6H,1H3. The molecular weight excluding hydrogens is 224 g/mol. The van der Waals surface area contributed by atoms with E-state index >= 15 is 0 Å². The van der Waals surface area contributed by atoms with Gasteiger partial charge in [-0.1, -0.05) is 5.92 Å². The third-order valence-corrected chi connectivity index (χ3v) is 1.77.